The predicted molar refractivity (Wildman–Crippen MR) is 367 cm³/mol. The van der Waals surface area contributed by atoms with E-state index in [-0.39, 0.29) is 0 Å². The van der Waals surface area contributed by atoms with Crippen LogP contribution >= 0.6 is 54.5 Å². The maximum Gasteiger partial charge on any atom is 0.0641 e. The van der Waals surface area contributed by atoms with Crippen LogP contribution in [0.1, 0.15) is 0 Å². The Bertz CT molecular complexity index is 4940. The Balaban J connectivity index is 0.000000134. The number of nitrogens with one attached hydrogen (secondary N) is 1. The van der Waals surface area contributed by atoms with Gasteiger partial charge in [0.25, 0.3) is 0 Å². The minimum absolute atomic E-state index is 1.08. The molecule has 0 amide bonds. The molecule has 0 radical (unpaired) electrons. The van der Waals surface area contributed by atoms with Crippen molar-refractivity contribution >= 4 is 120 Å². The topological polar surface area (TPSA) is 30.6 Å². The molecule has 83 heavy (non-hydrogen) atoms. The molecular weight excluding hydrogens is 1260 g/mol. The van der Waals surface area contributed by atoms with Gasteiger partial charge in [0.2, 0.25) is 0 Å². The van der Waals surface area contributed by atoms with Gasteiger partial charge in [-0.3, -0.25) is 0 Å². The van der Waals surface area contributed by atoms with Gasteiger partial charge in [0, 0.05) is 78.5 Å². The van der Waals surface area contributed by atoms with Gasteiger partial charge in [0.15, 0.2) is 0 Å². The van der Waals surface area contributed by atoms with Crippen LogP contribution in [0.4, 0.5) is 0 Å². The second-order valence-electron chi connectivity index (χ2n) is 20.4. The van der Waals surface area contributed by atoms with Crippen molar-refractivity contribution in [3.63, 3.8) is 0 Å². The Hall–Kier alpha value is -8.99. The molecule has 0 aliphatic rings. The summed E-state index contributed by atoms with van der Waals surface area (Å²) < 4.78 is 10.7. The van der Waals surface area contributed by atoms with Crippen LogP contribution in [-0.2, 0) is 0 Å². The lowest BCUT2D eigenvalue weighted by Crippen LogP contribution is -1.97. The van der Waals surface area contributed by atoms with E-state index in [1.165, 1.54) is 108 Å². The van der Waals surface area contributed by atoms with Gasteiger partial charge in [-0.15, -0.1) is 0 Å². The Morgan fingerprint density at radius 1 is 0.301 bits per heavy atom. The average molecular weight is 1310 g/mol. The summed E-state index contributed by atoms with van der Waals surface area (Å²) in [6, 6.07) is 108. The maximum absolute atomic E-state index is 3.77. The minimum atomic E-state index is 1.08. The van der Waals surface area contributed by atoms with Crippen molar-refractivity contribution in [2.24, 2.45) is 0 Å². The second kappa shape index (κ2) is 22.7. The van der Waals surface area contributed by atoms with Crippen molar-refractivity contribution in [2.75, 3.05) is 0 Å². The standard InChI is InChI=1S/C38H25BrN2.C32H21BrN2.C6H5I/c39-28-21-23-33-32(25-28)31-22-24-34-36(38(31)40(33)29-17-9-3-10-18-29)35(26-13-5-1-6-14-26)37(27-15-7-2-8-16-27)41(34)30-19-11-4-12-20-30;33-23-16-18-27-26(20-23)25-17-19-28-30(31(25)34-27)29(21-10-4-1-5-11-21)32(22-12-6-2-7-13-22)35(28)24-14-8-3-9-15-24;7-6-4-2-1-3-5-6/h1-25H;1-20,34H;1-5H. The molecule has 0 saturated carbocycles. The van der Waals surface area contributed by atoms with Crippen molar-refractivity contribution in [1.29, 1.82) is 0 Å². The molecule has 4 aromatic heterocycles. The van der Waals surface area contributed by atoms with Gasteiger partial charge in [0.05, 0.1) is 39.0 Å². The van der Waals surface area contributed by atoms with Crippen molar-refractivity contribution in [3.05, 3.63) is 316 Å². The summed E-state index contributed by atoms with van der Waals surface area (Å²) in [6.07, 6.45) is 0. The highest BCUT2D eigenvalue weighted by molar-refractivity contribution is 14.1. The van der Waals surface area contributed by atoms with E-state index < -0.39 is 0 Å². The van der Waals surface area contributed by atoms with E-state index in [4.69, 9.17) is 0 Å². The molecule has 12 aromatic carbocycles. The molecule has 7 heteroatoms. The van der Waals surface area contributed by atoms with Gasteiger partial charge in [-0.05, 0) is 142 Å². The number of para-hydroxylation sites is 3. The Kier molecular flexibility index (Phi) is 14.3. The number of hydrogen-bond donors (Lipinski definition) is 1. The molecule has 0 aliphatic heterocycles. The van der Waals surface area contributed by atoms with Gasteiger partial charge in [-0.2, -0.15) is 0 Å². The zero-order valence-corrected chi connectivity index (χ0v) is 50.2. The fourth-order valence-electron chi connectivity index (χ4n) is 12.0. The lowest BCUT2D eigenvalue weighted by atomic mass is 9.97. The Morgan fingerprint density at radius 2 is 0.675 bits per heavy atom. The normalized spacial score (nSPS) is 11.3. The fourth-order valence-corrected chi connectivity index (χ4v) is 13.2. The van der Waals surface area contributed by atoms with Crippen LogP contribution in [0.2, 0.25) is 0 Å². The van der Waals surface area contributed by atoms with Crippen molar-refractivity contribution in [1.82, 2.24) is 18.7 Å². The molecule has 0 aliphatic carbocycles. The summed E-state index contributed by atoms with van der Waals surface area (Å²) in [5.74, 6) is 0. The Labute approximate surface area is 512 Å². The van der Waals surface area contributed by atoms with Crippen LogP contribution in [0.3, 0.4) is 0 Å². The monoisotopic (exact) mass is 1300 g/mol. The summed E-state index contributed by atoms with van der Waals surface area (Å²) >= 11 is 9.69. The number of rotatable bonds is 7. The number of fused-ring (bicyclic) bond motifs is 10. The third-order valence-corrected chi connectivity index (χ3v) is 17.2. The first-order valence-corrected chi connectivity index (χ1v) is 30.3. The van der Waals surface area contributed by atoms with Crippen molar-refractivity contribution in [3.8, 4) is 61.8 Å². The third-order valence-electron chi connectivity index (χ3n) is 15.5. The molecule has 1 N–H and O–H groups in total. The van der Waals surface area contributed by atoms with Crippen LogP contribution in [0, 0.1) is 3.57 Å². The highest BCUT2D eigenvalue weighted by Gasteiger charge is 2.27. The first kappa shape index (κ1) is 52.1. The van der Waals surface area contributed by atoms with Gasteiger partial charge in [-0.1, -0.05) is 238 Å². The third kappa shape index (κ3) is 9.68. The second-order valence-corrected chi connectivity index (χ2v) is 23.5. The van der Waals surface area contributed by atoms with Crippen molar-refractivity contribution in [2.45, 2.75) is 0 Å². The zero-order chi connectivity index (χ0) is 55.8. The number of benzene rings is 12. The lowest BCUT2D eigenvalue weighted by Gasteiger charge is -2.13. The fraction of sp³-hybridized carbons (Fsp3) is 0. The first-order chi connectivity index (χ1) is 41.0. The highest BCUT2D eigenvalue weighted by atomic mass is 127. The van der Waals surface area contributed by atoms with E-state index in [2.05, 4.69) is 358 Å². The number of hydrogen-bond acceptors (Lipinski definition) is 0. The molecule has 396 valence electrons. The van der Waals surface area contributed by atoms with Gasteiger partial charge in [-0.25, -0.2) is 0 Å². The van der Waals surface area contributed by atoms with Crippen LogP contribution in [0.5, 0.6) is 0 Å². The van der Waals surface area contributed by atoms with E-state index in [0.717, 1.165) is 31.5 Å². The number of halogens is 3. The molecule has 4 heterocycles. The minimum Gasteiger partial charge on any atom is -0.354 e. The molecule has 0 bridgehead atoms. The molecule has 0 saturated heterocycles. The van der Waals surface area contributed by atoms with E-state index >= 15 is 0 Å². The largest absolute Gasteiger partial charge is 0.354 e. The molecule has 16 aromatic rings. The van der Waals surface area contributed by atoms with E-state index in [1.807, 2.05) is 18.2 Å². The van der Waals surface area contributed by atoms with Gasteiger partial charge >= 0.3 is 0 Å². The van der Waals surface area contributed by atoms with Gasteiger partial charge in [0.1, 0.15) is 0 Å². The molecular formula is C76H51Br2IN4. The first-order valence-electron chi connectivity index (χ1n) is 27.7. The molecule has 16 rings (SSSR count). The Morgan fingerprint density at radius 3 is 1.14 bits per heavy atom. The molecule has 0 spiro atoms. The zero-order valence-electron chi connectivity index (χ0n) is 44.8. The molecule has 0 unspecified atom stereocenters. The van der Waals surface area contributed by atoms with Crippen LogP contribution in [-0.4, -0.2) is 18.7 Å². The lowest BCUT2D eigenvalue weighted by molar-refractivity contribution is 1.13. The summed E-state index contributed by atoms with van der Waals surface area (Å²) in [5.41, 5.74) is 20.2. The molecule has 0 fully saturated rings. The maximum atomic E-state index is 3.77. The highest BCUT2D eigenvalue weighted by Crippen LogP contribution is 2.49. The van der Waals surface area contributed by atoms with Crippen LogP contribution < -0.4 is 0 Å². The van der Waals surface area contributed by atoms with E-state index in [1.54, 1.807) is 0 Å². The quantitative estimate of drug-likeness (QED) is 0.154. The summed E-state index contributed by atoms with van der Waals surface area (Å²) in [6.45, 7) is 0. The van der Waals surface area contributed by atoms with Crippen LogP contribution in [0.25, 0.3) is 127 Å². The molecule has 0 atom stereocenters. The average Bonchev–Trinajstić information content (AvgIpc) is 2.17. The van der Waals surface area contributed by atoms with E-state index in [0.29, 0.717) is 0 Å². The predicted octanol–water partition coefficient (Wildman–Crippen LogP) is 22.5. The van der Waals surface area contributed by atoms with Crippen LogP contribution in [0.15, 0.2) is 312 Å². The summed E-state index contributed by atoms with van der Waals surface area (Å²) in [5, 5.41) is 7.41. The molecule has 4 nitrogen and oxygen atoms in total. The summed E-state index contributed by atoms with van der Waals surface area (Å²) in [4.78, 5) is 3.77. The number of nitrogens with zero attached hydrogens (tertiary/aromatic N) is 3. The summed E-state index contributed by atoms with van der Waals surface area (Å²) in [7, 11) is 0. The van der Waals surface area contributed by atoms with E-state index in [9.17, 15) is 0 Å². The number of aromatic nitrogens is 4. The SMILES string of the molecule is Brc1ccc2[nH]c3c(ccc4c3c(-c3ccccc3)c(-c3ccccc3)n4-c3ccccc3)c2c1.Brc1ccc2c(c1)c1ccc3c(c(-c4ccccc4)c(-c4ccccc4)n3-c3ccccc3)c1n2-c1ccccc1.Ic1ccccc1. The van der Waals surface area contributed by atoms with Crippen molar-refractivity contribution < 1.29 is 0 Å². The van der Waals surface area contributed by atoms with Gasteiger partial charge < -0.3 is 18.7 Å². The number of H-pyrrole nitrogens is 1. The number of aromatic amines is 1. The smallest absolute Gasteiger partial charge is 0.0641 e.